The summed E-state index contributed by atoms with van der Waals surface area (Å²) < 4.78 is 13.4. The molecule has 300 valence electrons. The monoisotopic (exact) mass is 788 g/mol. The second kappa shape index (κ2) is 17.6. The molecule has 2 N–H and O–H groups in total. The number of benzene rings is 8. The molecule has 0 saturated heterocycles. The van der Waals surface area contributed by atoms with E-state index in [1.807, 2.05) is 84.9 Å². The summed E-state index contributed by atoms with van der Waals surface area (Å²) in [6, 6.07) is 49.5. The molecule has 4 nitrogen and oxygen atoms in total. The predicted molar refractivity (Wildman–Crippen MR) is 250 cm³/mol. The van der Waals surface area contributed by atoms with E-state index in [1.54, 1.807) is 0 Å². The maximum atomic E-state index is 12.1. The number of rotatable bonds is 14. The zero-order valence-electron chi connectivity index (χ0n) is 35.0. The molecule has 0 heterocycles. The first-order valence-electron chi connectivity index (χ1n) is 21.0. The molecule has 4 heteroatoms. The highest BCUT2D eigenvalue weighted by atomic mass is 16.5. The molecule has 0 aliphatic rings. The van der Waals surface area contributed by atoms with Crippen LogP contribution in [0.25, 0.3) is 66.1 Å². The van der Waals surface area contributed by atoms with Crippen LogP contribution in [0.5, 0.6) is 23.0 Å². The molecule has 0 amide bonds. The van der Waals surface area contributed by atoms with Gasteiger partial charge in [-0.2, -0.15) is 0 Å². The van der Waals surface area contributed by atoms with E-state index in [0.717, 1.165) is 90.0 Å². The Morgan fingerprint density at radius 2 is 1.03 bits per heavy atom. The van der Waals surface area contributed by atoms with Crippen LogP contribution in [0.2, 0.25) is 0 Å². The average molecular weight is 789 g/mol. The van der Waals surface area contributed by atoms with Crippen LogP contribution in [-0.4, -0.2) is 23.4 Å². The Bertz CT molecular complexity index is 2850. The molecule has 0 aliphatic carbocycles. The summed E-state index contributed by atoms with van der Waals surface area (Å²) in [5.74, 6) is 1.81. The van der Waals surface area contributed by atoms with Gasteiger partial charge in [0.25, 0.3) is 0 Å². The van der Waals surface area contributed by atoms with Gasteiger partial charge in [0.15, 0.2) is 0 Å². The van der Waals surface area contributed by atoms with Crippen LogP contribution < -0.4 is 9.47 Å². The third-order valence-electron chi connectivity index (χ3n) is 11.6. The van der Waals surface area contributed by atoms with E-state index in [4.69, 9.17) is 9.47 Å². The van der Waals surface area contributed by atoms with Crippen molar-refractivity contribution >= 4 is 21.5 Å². The van der Waals surface area contributed by atoms with Crippen LogP contribution >= 0.6 is 0 Å². The normalized spacial score (nSPS) is 11.8. The molecule has 0 radical (unpaired) electrons. The summed E-state index contributed by atoms with van der Waals surface area (Å²) in [5, 5.41) is 28.6. The number of phenolic OH excluding ortho intramolecular Hbond substituents is 2. The Hall–Kier alpha value is -6.78. The van der Waals surface area contributed by atoms with E-state index in [0.29, 0.717) is 36.7 Å². The molecule has 0 spiro atoms. The van der Waals surface area contributed by atoms with Crippen LogP contribution in [0.15, 0.2) is 158 Å². The number of hydrogen-bond donors (Lipinski definition) is 2. The number of aryl methyl sites for hydroxylation is 4. The molecule has 8 aromatic carbocycles. The van der Waals surface area contributed by atoms with Gasteiger partial charge in [0.05, 0.1) is 13.2 Å². The predicted octanol–water partition coefficient (Wildman–Crippen LogP) is 14.6. The molecule has 0 aromatic heterocycles. The number of aromatic hydroxyl groups is 2. The summed E-state index contributed by atoms with van der Waals surface area (Å²) in [5.41, 5.74) is 11.2. The smallest absolute Gasteiger partial charge is 0.131 e. The lowest BCUT2D eigenvalue weighted by Crippen LogP contribution is -2.20. The first-order valence-corrected chi connectivity index (χ1v) is 21.0. The first-order chi connectivity index (χ1) is 29.2. The Kier molecular flexibility index (Phi) is 11.7. The van der Waals surface area contributed by atoms with Crippen LogP contribution in [0, 0.1) is 26.7 Å². The fraction of sp³-hybridized carbons (Fsp3) is 0.179. The lowest BCUT2D eigenvalue weighted by molar-refractivity contribution is 0.179. The fourth-order valence-corrected chi connectivity index (χ4v) is 8.57. The molecule has 1 unspecified atom stereocenters. The van der Waals surface area contributed by atoms with E-state index >= 15 is 0 Å². The lowest BCUT2D eigenvalue weighted by atomic mass is 9.90. The van der Waals surface area contributed by atoms with Crippen LogP contribution in [0.1, 0.15) is 42.0 Å². The van der Waals surface area contributed by atoms with Gasteiger partial charge in [-0.05, 0) is 107 Å². The maximum Gasteiger partial charge on any atom is 0.131 e. The molecule has 0 saturated carbocycles. The van der Waals surface area contributed by atoms with Crippen molar-refractivity contribution in [2.24, 2.45) is 5.92 Å². The highest BCUT2D eigenvalue weighted by molar-refractivity contribution is 6.02. The summed E-state index contributed by atoms with van der Waals surface area (Å²) in [7, 11) is 0. The van der Waals surface area contributed by atoms with Crippen LogP contribution in [-0.2, 0) is 6.42 Å². The highest BCUT2D eigenvalue weighted by Crippen LogP contribution is 2.46. The quantitative estimate of drug-likeness (QED) is 0.108. The molecule has 8 rings (SSSR count). The number of phenols is 2. The third-order valence-corrected chi connectivity index (χ3v) is 11.6. The van der Waals surface area contributed by atoms with Gasteiger partial charge in [0.1, 0.15) is 23.0 Å². The minimum atomic E-state index is -0.0312. The molecule has 60 heavy (non-hydrogen) atoms. The molecular formula is C56H52O4. The minimum absolute atomic E-state index is 0.0312. The molecule has 0 fully saturated rings. The molecular weight excluding hydrogens is 737 g/mol. The molecule has 1 atom stereocenters. The highest BCUT2D eigenvalue weighted by Gasteiger charge is 2.21. The molecule has 0 aliphatic heterocycles. The second-order valence-electron chi connectivity index (χ2n) is 16.0. The van der Waals surface area contributed by atoms with E-state index in [9.17, 15) is 10.2 Å². The average Bonchev–Trinajstić information content (AvgIpc) is 3.26. The van der Waals surface area contributed by atoms with Gasteiger partial charge in [-0.3, -0.25) is 0 Å². The van der Waals surface area contributed by atoms with Crippen molar-refractivity contribution in [3.63, 3.8) is 0 Å². The van der Waals surface area contributed by atoms with E-state index in [1.165, 1.54) is 5.56 Å². The van der Waals surface area contributed by atoms with Gasteiger partial charge in [-0.25, -0.2) is 0 Å². The maximum absolute atomic E-state index is 12.1. The van der Waals surface area contributed by atoms with Crippen molar-refractivity contribution in [3.8, 4) is 67.5 Å². The topological polar surface area (TPSA) is 58.9 Å². The fourth-order valence-electron chi connectivity index (χ4n) is 8.57. The molecule has 8 aromatic rings. The van der Waals surface area contributed by atoms with E-state index < -0.39 is 0 Å². The van der Waals surface area contributed by atoms with Crippen LogP contribution in [0.3, 0.4) is 0 Å². The summed E-state index contributed by atoms with van der Waals surface area (Å²) in [6.45, 7) is 13.2. The van der Waals surface area contributed by atoms with Crippen molar-refractivity contribution in [2.45, 2.75) is 47.0 Å². The Balaban J connectivity index is 1.09. The third kappa shape index (κ3) is 7.98. The van der Waals surface area contributed by atoms with Crippen LogP contribution in [0.4, 0.5) is 0 Å². The van der Waals surface area contributed by atoms with Crippen molar-refractivity contribution < 1.29 is 19.7 Å². The van der Waals surface area contributed by atoms with Crippen molar-refractivity contribution in [1.29, 1.82) is 0 Å². The Morgan fingerprint density at radius 3 is 1.57 bits per heavy atom. The number of allylic oxidation sites excluding steroid dienone is 1. The lowest BCUT2D eigenvalue weighted by Gasteiger charge is -2.22. The largest absolute Gasteiger partial charge is 0.507 e. The van der Waals surface area contributed by atoms with Gasteiger partial charge in [-0.1, -0.05) is 146 Å². The number of para-hydroxylation sites is 2. The number of hydrogen-bond acceptors (Lipinski definition) is 4. The molecule has 0 bridgehead atoms. The van der Waals surface area contributed by atoms with E-state index in [2.05, 4.69) is 101 Å². The van der Waals surface area contributed by atoms with Gasteiger partial charge in [-0.15, -0.1) is 6.58 Å². The Morgan fingerprint density at radius 1 is 0.533 bits per heavy atom. The zero-order chi connectivity index (χ0) is 41.8. The zero-order valence-corrected chi connectivity index (χ0v) is 35.0. The van der Waals surface area contributed by atoms with Crippen molar-refractivity contribution in [3.05, 3.63) is 181 Å². The van der Waals surface area contributed by atoms with E-state index in [-0.39, 0.29) is 17.4 Å². The number of ether oxygens (including phenoxy) is 2. The van der Waals surface area contributed by atoms with Crippen molar-refractivity contribution in [2.75, 3.05) is 13.2 Å². The Labute approximate surface area is 354 Å². The standard InChI is InChI=1S/C56H52O4/c1-6-14-39-27-31-52(50(33-39)46-21-13-23-48(56(46)58)54-38(5)26-29-42-17-9-11-19-44(42)54)60-35-40(15-7-2)34-59-51-30-24-36(3)32-49(51)45-20-12-22-47(55(45)57)53-37(4)25-28-41-16-8-10-18-43(41)53/h7-13,16-33,40,57-58H,2,6,14-15,34-35H2,1,3-5H3. The van der Waals surface area contributed by atoms with Gasteiger partial charge >= 0.3 is 0 Å². The summed E-state index contributed by atoms with van der Waals surface area (Å²) in [4.78, 5) is 0. The first kappa shape index (κ1) is 40.0. The SMILES string of the molecule is C=CCC(COc1ccc(C)cc1-c1cccc(-c2c(C)ccc3ccccc23)c1O)COc1ccc(CCC)cc1-c1cccc(-c2c(C)ccc3ccccc23)c1O. The van der Waals surface area contributed by atoms with Gasteiger partial charge in [0, 0.05) is 39.3 Å². The van der Waals surface area contributed by atoms with Gasteiger partial charge < -0.3 is 19.7 Å². The van der Waals surface area contributed by atoms with Crippen molar-refractivity contribution in [1.82, 2.24) is 0 Å². The second-order valence-corrected chi connectivity index (χ2v) is 16.0. The minimum Gasteiger partial charge on any atom is -0.507 e. The summed E-state index contributed by atoms with van der Waals surface area (Å²) >= 11 is 0. The van der Waals surface area contributed by atoms with Gasteiger partial charge in [0.2, 0.25) is 0 Å². The number of fused-ring (bicyclic) bond motifs is 2. The summed E-state index contributed by atoms with van der Waals surface area (Å²) in [6.07, 6.45) is 4.50.